The van der Waals surface area contributed by atoms with Gasteiger partial charge in [-0.1, -0.05) is 27.7 Å². The summed E-state index contributed by atoms with van der Waals surface area (Å²) in [5.74, 6) is -3.13. The Morgan fingerprint density at radius 3 is 1.64 bits per heavy atom. The van der Waals surface area contributed by atoms with E-state index in [0.29, 0.717) is 13.0 Å². The number of likely N-dealkylation sites (N-methyl/N-ethyl adjacent to an activating group) is 1. The Bertz CT molecular complexity index is 1030. The molecule has 0 saturated heterocycles. The molecule has 0 aromatic rings. The Kier molecular flexibility index (Phi) is 19.4. The van der Waals surface area contributed by atoms with Crippen LogP contribution in [0, 0.1) is 11.8 Å². The van der Waals surface area contributed by atoms with E-state index < -0.39 is 61.5 Å². The van der Waals surface area contributed by atoms with Gasteiger partial charge in [0.25, 0.3) is 7.82 Å². The molecule has 0 heterocycles. The van der Waals surface area contributed by atoms with Gasteiger partial charge in [-0.25, -0.2) is 0 Å². The maximum absolute atomic E-state index is 13.1. The lowest BCUT2D eigenvalue weighted by molar-refractivity contribution is -0.222. The Morgan fingerprint density at radius 1 is 0.682 bits per heavy atom. The Balaban J connectivity index is 4.97. The fourth-order valence-corrected chi connectivity index (χ4v) is 4.19. The summed E-state index contributed by atoms with van der Waals surface area (Å²) in [7, 11) is -3.46. The van der Waals surface area contributed by atoms with Crippen LogP contribution in [-0.4, -0.2) is 86.4 Å². The number of hydrogen-bond acceptors (Lipinski definition) is 10. The van der Waals surface area contributed by atoms with E-state index in [-0.39, 0.29) is 50.2 Å². The van der Waals surface area contributed by atoms with Crippen molar-refractivity contribution < 1.29 is 47.3 Å². The molecule has 17 heteroatoms. The first kappa shape index (κ1) is 40.9. The molecular formula is C27H50N6O10P-. The first-order chi connectivity index (χ1) is 20.4. The van der Waals surface area contributed by atoms with Crippen molar-refractivity contribution in [2.45, 2.75) is 98.3 Å². The van der Waals surface area contributed by atoms with E-state index in [4.69, 9.17) is 0 Å². The van der Waals surface area contributed by atoms with Crippen LogP contribution in [0.1, 0.15) is 74.1 Å². The van der Waals surface area contributed by atoms with Crippen LogP contribution in [0.25, 0.3) is 0 Å². The van der Waals surface area contributed by atoms with Crippen molar-refractivity contribution in [3.63, 3.8) is 0 Å². The highest BCUT2D eigenvalue weighted by atomic mass is 31.2. The Labute approximate surface area is 259 Å². The van der Waals surface area contributed by atoms with Crippen LogP contribution in [-0.2, 0) is 42.4 Å². The highest BCUT2D eigenvalue weighted by molar-refractivity contribution is 7.45. The van der Waals surface area contributed by atoms with E-state index >= 15 is 0 Å². The lowest BCUT2D eigenvalue weighted by Gasteiger charge is -2.25. The first-order valence-corrected chi connectivity index (χ1v) is 16.1. The normalized spacial score (nSPS) is 15.2. The number of amides is 6. The molecule has 0 aliphatic rings. The van der Waals surface area contributed by atoms with Gasteiger partial charge in [0.1, 0.15) is 24.2 Å². The van der Waals surface area contributed by atoms with Crippen LogP contribution in [0.4, 0.5) is 0 Å². The van der Waals surface area contributed by atoms with Crippen LogP contribution in [0.15, 0.2) is 0 Å². The SMILES string of the molecule is CCNC(=O)[C@@H](CC(C)C)NC(=O)[C@@H](C)NC(=O)[C@@H](CC(C)C)NC(=O)[C@@H](C)NC(=O)CCC(=O)NCCOP(=O)([O-])OC. The molecule has 0 saturated carbocycles. The summed E-state index contributed by atoms with van der Waals surface area (Å²) in [5, 5.41) is 15.4. The third-order valence-corrected chi connectivity index (χ3v) is 6.98. The number of phosphoric acid groups is 1. The molecule has 44 heavy (non-hydrogen) atoms. The largest absolute Gasteiger partial charge is 0.756 e. The van der Waals surface area contributed by atoms with Crippen molar-refractivity contribution in [2.75, 3.05) is 26.8 Å². The highest BCUT2D eigenvalue weighted by Gasteiger charge is 2.29. The van der Waals surface area contributed by atoms with Crippen molar-refractivity contribution in [2.24, 2.45) is 11.8 Å². The molecule has 1 unspecified atom stereocenters. The summed E-state index contributed by atoms with van der Waals surface area (Å²) in [5.41, 5.74) is 0. The monoisotopic (exact) mass is 649 g/mol. The molecule has 0 radical (unpaired) electrons. The van der Waals surface area contributed by atoms with Crippen molar-refractivity contribution in [1.82, 2.24) is 31.9 Å². The maximum atomic E-state index is 13.1. The smallest absolute Gasteiger partial charge is 0.267 e. The standard InChI is InChI=1S/C27H51N6O10P/c1-9-28-26(38)20(14-16(2)3)32-25(37)19(7)31-27(39)21(15-17(4)5)33-24(36)18(6)30-23(35)11-10-22(34)29-12-13-43-44(40,41)42-8/h16-21H,9-15H2,1-8H3,(H,28,38)(H,29,34)(H,30,35)(H,31,39)(H,32,37)(H,33,36)(H,40,41)/p-1/t18-,19-,20-,21-/m1/s1. The maximum Gasteiger partial charge on any atom is 0.267 e. The summed E-state index contributed by atoms with van der Waals surface area (Å²) in [6.07, 6.45) is 0.182. The average molecular weight is 650 g/mol. The van der Waals surface area contributed by atoms with Gasteiger partial charge >= 0.3 is 0 Å². The first-order valence-electron chi connectivity index (χ1n) is 14.7. The Morgan fingerprint density at radius 2 is 1.16 bits per heavy atom. The molecule has 0 spiro atoms. The number of carbonyl (C=O) groups is 6. The fourth-order valence-electron chi connectivity index (χ4n) is 3.77. The average Bonchev–Trinajstić information content (AvgIpc) is 2.92. The zero-order valence-electron chi connectivity index (χ0n) is 26.9. The summed E-state index contributed by atoms with van der Waals surface area (Å²) in [4.78, 5) is 86.3. The molecule has 16 nitrogen and oxygen atoms in total. The van der Waals surface area contributed by atoms with Gasteiger partial charge in [-0.2, -0.15) is 0 Å². The van der Waals surface area contributed by atoms with E-state index in [9.17, 15) is 38.2 Å². The number of hydrogen-bond donors (Lipinski definition) is 6. The minimum atomic E-state index is -4.40. The minimum Gasteiger partial charge on any atom is -0.756 e. The third kappa shape index (κ3) is 17.9. The van der Waals surface area contributed by atoms with Gasteiger partial charge in [0.15, 0.2) is 0 Å². The molecule has 0 aromatic heterocycles. The van der Waals surface area contributed by atoms with Gasteiger partial charge in [-0.3, -0.25) is 33.3 Å². The topological polar surface area (TPSA) is 233 Å². The van der Waals surface area contributed by atoms with E-state index in [2.05, 4.69) is 40.9 Å². The van der Waals surface area contributed by atoms with E-state index in [1.54, 1.807) is 6.92 Å². The second kappa shape index (κ2) is 20.8. The number of phosphoric ester groups is 1. The molecule has 5 atom stereocenters. The van der Waals surface area contributed by atoms with Crippen LogP contribution in [0.5, 0.6) is 0 Å². The third-order valence-electron chi connectivity index (χ3n) is 6.03. The number of rotatable bonds is 21. The molecule has 0 aromatic carbocycles. The van der Waals surface area contributed by atoms with Gasteiger partial charge in [0, 0.05) is 33.0 Å². The van der Waals surface area contributed by atoms with Crippen molar-refractivity contribution in [1.29, 1.82) is 0 Å². The van der Waals surface area contributed by atoms with Gasteiger partial charge in [0.05, 0.1) is 6.61 Å². The number of carbonyl (C=O) groups excluding carboxylic acids is 6. The van der Waals surface area contributed by atoms with Crippen molar-refractivity contribution >= 4 is 43.3 Å². The Hall–Kier alpha value is -3.07. The van der Waals surface area contributed by atoms with Crippen LogP contribution in [0.2, 0.25) is 0 Å². The molecule has 254 valence electrons. The number of nitrogens with one attached hydrogen (secondary N) is 6. The molecular weight excluding hydrogens is 599 g/mol. The van der Waals surface area contributed by atoms with E-state index in [1.807, 2.05) is 27.7 Å². The molecule has 0 aliphatic heterocycles. The van der Waals surface area contributed by atoms with Crippen LogP contribution in [0.3, 0.4) is 0 Å². The minimum absolute atomic E-state index is 0.00719. The zero-order valence-corrected chi connectivity index (χ0v) is 27.8. The van der Waals surface area contributed by atoms with Crippen LogP contribution >= 0.6 is 7.82 Å². The van der Waals surface area contributed by atoms with E-state index in [1.165, 1.54) is 13.8 Å². The van der Waals surface area contributed by atoms with Gasteiger partial charge in [0.2, 0.25) is 35.4 Å². The predicted octanol–water partition coefficient (Wildman–Crippen LogP) is -0.778. The van der Waals surface area contributed by atoms with Crippen molar-refractivity contribution in [3.8, 4) is 0 Å². The summed E-state index contributed by atoms with van der Waals surface area (Å²) in [6.45, 7) is 12.1. The second-order valence-corrected chi connectivity index (χ2v) is 12.6. The van der Waals surface area contributed by atoms with Gasteiger partial charge in [-0.15, -0.1) is 0 Å². The van der Waals surface area contributed by atoms with Crippen molar-refractivity contribution in [3.05, 3.63) is 0 Å². The lowest BCUT2D eigenvalue weighted by atomic mass is 10.0. The molecule has 0 bridgehead atoms. The molecule has 0 rings (SSSR count). The molecule has 0 aliphatic carbocycles. The second-order valence-electron chi connectivity index (χ2n) is 11.1. The van der Waals surface area contributed by atoms with Crippen LogP contribution < -0.4 is 36.8 Å². The van der Waals surface area contributed by atoms with E-state index in [0.717, 1.165) is 7.11 Å². The van der Waals surface area contributed by atoms with Gasteiger partial charge < -0.3 is 45.8 Å². The quantitative estimate of drug-likeness (QED) is 0.0671. The molecule has 0 fully saturated rings. The zero-order chi connectivity index (χ0) is 34.0. The summed E-state index contributed by atoms with van der Waals surface area (Å²) in [6, 6.07) is -3.82. The van der Waals surface area contributed by atoms with Gasteiger partial charge in [-0.05, 0) is 45.4 Å². The fraction of sp³-hybridized carbons (Fsp3) is 0.778. The molecule has 6 amide bonds. The summed E-state index contributed by atoms with van der Waals surface area (Å²) < 4.78 is 19.7. The highest BCUT2D eigenvalue weighted by Crippen LogP contribution is 2.36. The predicted molar refractivity (Wildman–Crippen MR) is 159 cm³/mol. The lowest BCUT2D eigenvalue weighted by Crippen LogP contribution is -2.57. The summed E-state index contributed by atoms with van der Waals surface area (Å²) >= 11 is 0. The molecule has 6 N–H and O–H groups in total.